The number of carboxylic acid groups (broad SMARTS) is 1. The van der Waals surface area contributed by atoms with Gasteiger partial charge in [-0.3, -0.25) is 4.79 Å². The zero-order valence-electron chi connectivity index (χ0n) is 11.4. The van der Waals surface area contributed by atoms with Crippen molar-refractivity contribution < 1.29 is 18.7 Å². The van der Waals surface area contributed by atoms with E-state index in [1.807, 2.05) is 0 Å². The third-order valence-corrected chi connectivity index (χ3v) is 3.53. The summed E-state index contributed by atoms with van der Waals surface area (Å²) in [7, 11) is 0. The van der Waals surface area contributed by atoms with Gasteiger partial charge in [-0.25, -0.2) is 8.78 Å². The molecule has 0 fully saturated rings. The number of hydrogen-bond donors (Lipinski definition) is 1. The topological polar surface area (TPSA) is 37.3 Å². The fraction of sp³-hybridized carbons (Fsp3) is 0.500. The summed E-state index contributed by atoms with van der Waals surface area (Å²) in [6.45, 7) is 6.05. The van der Waals surface area contributed by atoms with Crippen LogP contribution in [0.4, 0.5) is 8.78 Å². The first-order chi connectivity index (χ1) is 8.47. The fourth-order valence-corrected chi connectivity index (χ4v) is 2.14. The van der Waals surface area contributed by atoms with Crippen LogP contribution in [0.1, 0.15) is 37.0 Å². The van der Waals surface area contributed by atoms with Crippen LogP contribution in [0.5, 0.6) is 0 Å². The van der Waals surface area contributed by atoms with Crippen LogP contribution >= 0.6 is 11.6 Å². The molecule has 0 unspecified atom stereocenters. The summed E-state index contributed by atoms with van der Waals surface area (Å²) in [5.74, 6) is -4.54. The molecular weight excluding hydrogens is 274 g/mol. The van der Waals surface area contributed by atoms with Crippen LogP contribution in [0.2, 0.25) is 5.02 Å². The van der Waals surface area contributed by atoms with Crippen molar-refractivity contribution in [2.45, 2.75) is 40.0 Å². The van der Waals surface area contributed by atoms with Crippen LogP contribution in [-0.4, -0.2) is 11.1 Å². The molecule has 1 N–H and O–H groups in total. The smallest absolute Gasteiger partial charge is 0.309 e. The molecular formula is C14H17ClF2O2. The second kappa shape index (κ2) is 5.08. The van der Waals surface area contributed by atoms with E-state index in [0.717, 1.165) is 5.56 Å². The first-order valence-electron chi connectivity index (χ1n) is 5.86. The molecule has 0 aliphatic carbocycles. The molecule has 0 heterocycles. The lowest BCUT2D eigenvalue weighted by Crippen LogP contribution is -2.31. The maximum absolute atomic E-state index is 14.2. The maximum Gasteiger partial charge on any atom is 0.309 e. The molecule has 0 saturated heterocycles. The molecule has 1 aromatic rings. The minimum Gasteiger partial charge on any atom is -0.481 e. The van der Waals surface area contributed by atoms with Crippen LogP contribution in [-0.2, 0) is 10.7 Å². The van der Waals surface area contributed by atoms with Crippen LogP contribution in [0.25, 0.3) is 0 Å². The van der Waals surface area contributed by atoms with Gasteiger partial charge in [-0.2, -0.15) is 0 Å². The van der Waals surface area contributed by atoms with Gasteiger partial charge in [0.2, 0.25) is 0 Å². The predicted molar refractivity (Wildman–Crippen MR) is 70.9 cm³/mol. The summed E-state index contributed by atoms with van der Waals surface area (Å²) >= 11 is 5.87. The highest BCUT2D eigenvalue weighted by atomic mass is 35.5. The Hall–Kier alpha value is -1.16. The van der Waals surface area contributed by atoms with Gasteiger partial charge < -0.3 is 5.11 Å². The average molecular weight is 291 g/mol. The third kappa shape index (κ3) is 3.44. The van der Waals surface area contributed by atoms with Gasteiger partial charge in [-0.1, -0.05) is 11.6 Å². The van der Waals surface area contributed by atoms with E-state index in [1.165, 1.54) is 26.0 Å². The molecule has 1 aromatic carbocycles. The first kappa shape index (κ1) is 15.9. The fourth-order valence-electron chi connectivity index (χ4n) is 1.79. The van der Waals surface area contributed by atoms with Crippen molar-refractivity contribution in [2.75, 3.05) is 0 Å². The van der Waals surface area contributed by atoms with Gasteiger partial charge in [-0.05, 0) is 51.0 Å². The minimum absolute atomic E-state index is 0.0331. The molecule has 0 saturated carbocycles. The van der Waals surface area contributed by atoms with Crippen LogP contribution in [0.15, 0.2) is 12.1 Å². The van der Waals surface area contributed by atoms with Gasteiger partial charge in [0.05, 0.1) is 10.4 Å². The van der Waals surface area contributed by atoms with E-state index < -0.39 is 23.7 Å². The number of hydrogen-bond acceptors (Lipinski definition) is 1. The molecule has 0 spiro atoms. The number of aryl methyl sites for hydroxylation is 2. The molecule has 1 rings (SSSR count). The van der Waals surface area contributed by atoms with Gasteiger partial charge >= 0.3 is 5.97 Å². The minimum atomic E-state index is -3.28. The quantitative estimate of drug-likeness (QED) is 0.883. The lowest BCUT2D eigenvalue weighted by molar-refractivity contribution is -0.153. The standard InChI is InChI=1S/C14H17ClF2O2/c1-8-5-10(11(15)6-9(8)2)14(16,17)7-13(3,4)12(18)19/h5-6H,7H2,1-4H3,(H,18,19). The molecule has 0 aromatic heterocycles. The monoisotopic (exact) mass is 290 g/mol. The Morgan fingerprint density at radius 1 is 1.26 bits per heavy atom. The summed E-state index contributed by atoms with van der Waals surface area (Å²) < 4.78 is 28.5. The number of alkyl halides is 2. The van der Waals surface area contributed by atoms with Gasteiger partial charge in [-0.15, -0.1) is 0 Å². The molecule has 0 aliphatic heterocycles. The second-order valence-electron chi connectivity index (χ2n) is 5.49. The van der Waals surface area contributed by atoms with Gasteiger partial charge in [0.25, 0.3) is 5.92 Å². The SMILES string of the molecule is Cc1cc(Cl)c(C(F)(F)CC(C)(C)C(=O)O)cc1C. The first-order valence-corrected chi connectivity index (χ1v) is 6.23. The maximum atomic E-state index is 14.2. The van der Waals surface area contributed by atoms with Crippen molar-refractivity contribution >= 4 is 17.6 Å². The number of halogens is 3. The molecule has 0 amide bonds. The van der Waals surface area contributed by atoms with Crippen LogP contribution < -0.4 is 0 Å². The molecule has 2 nitrogen and oxygen atoms in total. The number of carbonyl (C=O) groups is 1. The third-order valence-electron chi connectivity index (χ3n) is 3.22. The summed E-state index contributed by atoms with van der Waals surface area (Å²) in [6.07, 6.45) is -0.794. The summed E-state index contributed by atoms with van der Waals surface area (Å²) in [5, 5.41) is 8.92. The Labute approximate surface area is 116 Å². The van der Waals surface area contributed by atoms with E-state index in [9.17, 15) is 13.6 Å². The highest BCUT2D eigenvalue weighted by Crippen LogP contribution is 2.43. The molecule has 0 radical (unpaired) electrons. The second-order valence-corrected chi connectivity index (χ2v) is 5.89. The number of benzene rings is 1. The van der Waals surface area contributed by atoms with E-state index >= 15 is 0 Å². The molecule has 106 valence electrons. The summed E-state index contributed by atoms with van der Waals surface area (Å²) in [4.78, 5) is 11.0. The zero-order chi connectivity index (χ0) is 15.0. The largest absolute Gasteiger partial charge is 0.481 e. The lowest BCUT2D eigenvalue weighted by Gasteiger charge is -2.27. The number of rotatable bonds is 4. The Balaban J connectivity index is 3.21. The molecule has 5 heteroatoms. The van der Waals surface area contributed by atoms with E-state index in [2.05, 4.69) is 0 Å². The van der Waals surface area contributed by atoms with Crippen molar-refractivity contribution in [3.63, 3.8) is 0 Å². The molecule has 0 atom stereocenters. The Kier molecular flexibility index (Phi) is 4.25. The molecule has 0 bridgehead atoms. The van der Waals surface area contributed by atoms with E-state index in [1.54, 1.807) is 13.8 Å². The van der Waals surface area contributed by atoms with Crippen LogP contribution in [0.3, 0.4) is 0 Å². The Morgan fingerprint density at radius 2 is 1.74 bits per heavy atom. The number of carboxylic acids is 1. The average Bonchev–Trinajstić information content (AvgIpc) is 2.21. The lowest BCUT2D eigenvalue weighted by atomic mass is 9.84. The van der Waals surface area contributed by atoms with Gasteiger partial charge in [0, 0.05) is 12.0 Å². The summed E-state index contributed by atoms with van der Waals surface area (Å²) in [5.41, 5.74) is -0.313. The van der Waals surface area contributed by atoms with Crippen LogP contribution in [0, 0.1) is 19.3 Å². The normalized spacial score (nSPS) is 12.6. The highest BCUT2D eigenvalue weighted by molar-refractivity contribution is 6.31. The Bertz CT molecular complexity index is 510. The van der Waals surface area contributed by atoms with Crippen molar-refractivity contribution in [3.8, 4) is 0 Å². The van der Waals surface area contributed by atoms with Crippen molar-refractivity contribution in [1.29, 1.82) is 0 Å². The number of aliphatic carboxylic acids is 1. The highest BCUT2D eigenvalue weighted by Gasteiger charge is 2.43. The zero-order valence-corrected chi connectivity index (χ0v) is 12.1. The summed E-state index contributed by atoms with van der Waals surface area (Å²) in [6, 6.07) is 2.81. The van der Waals surface area contributed by atoms with Crippen molar-refractivity contribution in [2.24, 2.45) is 5.41 Å². The Morgan fingerprint density at radius 3 is 2.21 bits per heavy atom. The van der Waals surface area contributed by atoms with E-state index in [-0.39, 0.29) is 10.6 Å². The predicted octanol–water partition coefficient (Wildman–Crippen LogP) is 4.55. The molecule has 19 heavy (non-hydrogen) atoms. The van der Waals surface area contributed by atoms with Gasteiger partial charge in [0.15, 0.2) is 0 Å². The molecule has 0 aliphatic rings. The van der Waals surface area contributed by atoms with Gasteiger partial charge in [0.1, 0.15) is 0 Å². The van der Waals surface area contributed by atoms with E-state index in [4.69, 9.17) is 16.7 Å². The van der Waals surface area contributed by atoms with Crippen molar-refractivity contribution in [3.05, 3.63) is 33.8 Å². The van der Waals surface area contributed by atoms with Crippen molar-refractivity contribution in [1.82, 2.24) is 0 Å². The van der Waals surface area contributed by atoms with E-state index in [0.29, 0.717) is 5.56 Å².